The lowest BCUT2D eigenvalue weighted by atomic mass is 10.2. The van der Waals surface area contributed by atoms with E-state index in [0.29, 0.717) is 6.42 Å². The highest BCUT2D eigenvalue weighted by Crippen LogP contribution is 2.39. The summed E-state index contributed by atoms with van der Waals surface area (Å²) in [6.45, 7) is 1.86. The second kappa shape index (κ2) is 2.21. The maximum Gasteiger partial charge on any atom is 0.367 e. The van der Waals surface area contributed by atoms with Crippen LogP contribution in [0, 0.1) is 0 Å². The van der Waals surface area contributed by atoms with Gasteiger partial charge in [0.15, 0.2) is 0 Å². The number of epoxide rings is 1. The standard InChI is InChI=1S/C6H10O4/c1-3-4-6(9-2,10-4)5(7)8/h4H,3H2,1-2H3,(H,7,8). The van der Waals surface area contributed by atoms with E-state index in [9.17, 15) is 4.79 Å². The first-order chi connectivity index (χ1) is 4.67. The number of carboxylic acids is 1. The highest BCUT2D eigenvalue weighted by molar-refractivity contribution is 5.79. The number of hydrogen-bond acceptors (Lipinski definition) is 3. The summed E-state index contributed by atoms with van der Waals surface area (Å²) in [4.78, 5) is 10.4. The molecule has 2 unspecified atom stereocenters. The number of carbonyl (C=O) groups is 1. The quantitative estimate of drug-likeness (QED) is 0.579. The van der Waals surface area contributed by atoms with Crippen molar-refractivity contribution in [3.8, 4) is 0 Å². The van der Waals surface area contributed by atoms with Crippen molar-refractivity contribution >= 4 is 5.97 Å². The maximum atomic E-state index is 10.4. The largest absolute Gasteiger partial charge is 0.477 e. The Balaban J connectivity index is 2.59. The number of methoxy groups -OCH3 is 1. The molecular weight excluding hydrogens is 136 g/mol. The van der Waals surface area contributed by atoms with Crippen LogP contribution < -0.4 is 0 Å². The molecule has 0 aromatic rings. The number of carboxylic acid groups (broad SMARTS) is 1. The summed E-state index contributed by atoms with van der Waals surface area (Å²) in [6.07, 6.45) is 0.398. The van der Waals surface area contributed by atoms with Gasteiger partial charge in [-0.15, -0.1) is 0 Å². The fraction of sp³-hybridized carbons (Fsp3) is 0.833. The molecular formula is C6H10O4. The summed E-state index contributed by atoms with van der Waals surface area (Å²) in [7, 11) is 1.34. The van der Waals surface area contributed by atoms with Crippen molar-refractivity contribution in [2.24, 2.45) is 0 Å². The van der Waals surface area contributed by atoms with Crippen LogP contribution in [0.1, 0.15) is 13.3 Å². The zero-order chi connectivity index (χ0) is 7.78. The Morgan fingerprint density at radius 3 is 2.60 bits per heavy atom. The van der Waals surface area contributed by atoms with E-state index in [1.165, 1.54) is 7.11 Å². The minimum Gasteiger partial charge on any atom is -0.477 e. The van der Waals surface area contributed by atoms with Crippen LogP contribution in [0.5, 0.6) is 0 Å². The van der Waals surface area contributed by atoms with Gasteiger partial charge in [0, 0.05) is 7.11 Å². The lowest BCUT2D eigenvalue weighted by Crippen LogP contribution is -2.28. The van der Waals surface area contributed by atoms with Gasteiger partial charge in [-0.1, -0.05) is 6.92 Å². The van der Waals surface area contributed by atoms with Crippen LogP contribution in [0.15, 0.2) is 0 Å². The number of aliphatic carboxylic acids is 1. The predicted molar refractivity (Wildman–Crippen MR) is 32.5 cm³/mol. The lowest BCUT2D eigenvalue weighted by molar-refractivity contribution is -0.161. The van der Waals surface area contributed by atoms with Gasteiger partial charge in [-0.2, -0.15) is 0 Å². The van der Waals surface area contributed by atoms with Crippen LogP contribution in [0.25, 0.3) is 0 Å². The second-order valence-corrected chi connectivity index (χ2v) is 2.19. The van der Waals surface area contributed by atoms with Gasteiger partial charge < -0.3 is 14.6 Å². The molecule has 0 bridgehead atoms. The minimum atomic E-state index is -1.32. The van der Waals surface area contributed by atoms with E-state index in [1.54, 1.807) is 0 Å². The van der Waals surface area contributed by atoms with E-state index < -0.39 is 11.8 Å². The van der Waals surface area contributed by atoms with Crippen molar-refractivity contribution in [2.45, 2.75) is 25.2 Å². The van der Waals surface area contributed by atoms with Gasteiger partial charge in [-0.05, 0) is 6.42 Å². The first kappa shape index (κ1) is 7.50. The molecule has 0 aromatic carbocycles. The number of hydrogen-bond donors (Lipinski definition) is 1. The Hall–Kier alpha value is -0.610. The Morgan fingerprint density at radius 2 is 2.50 bits per heavy atom. The molecule has 1 fully saturated rings. The molecule has 58 valence electrons. The Bertz CT molecular complexity index is 156. The van der Waals surface area contributed by atoms with Crippen molar-refractivity contribution in [2.75, 3.05) is 7.11 Å². The molecule has 1 N–H and O–H groups in total. The van der Waals surface area contributed by atoms with Crippen LogP contribution in [0.2, 0.25) is 0 Å². The van der Waals surface area contributed by atoms with Crippen LogP contribution in [0.4, 0.5) is 0 Å². The molecule has 1 aliphatic rings. The third-order valence-electron chi connectivity index (χ3n) is 1.66. The molecule has 2 atom stereocenters. The molecule has 4 nitrogen and oxygen atoms in total. The first-order valence-corrected chi connectivity index (χ1v) is 3.13. The van der Waals surface area contributed by atoms with Gasteiger partial charge in [0.25, 0.3) is 5.79 Å². The predicted octanol–water partition coefficient (Wildman–Crippen LogP) is 0.222. The maximum absolute atomic E-state index is 10.4. The van der Waals surface area contributed by atoms with E-state index in [0.717, 1.165) is 0 Å². The van der Waals surface area contributed by atoms with Crippen molar-refractivity contribution in [1.82, 2.24) is 0 Å². The molecule has 0 aliphatic carbocycles. The van der Waals surface area contributed by atoms with E-state index >= 15 is 0 Å². The number of ether oxygens (including phenoxy) is 2. The Morgan fingerprint density at radius 1 is 1.90 bits per heavy atom. The highest BCUT2D eigenvalue weighted by atomic mass is 16.8. The van der Waals surface area contributed by atoms with Gasteiger partial charge in [0.05, 0.1) is 0 Å². The third kappa shape index (κ3) is 0.803. The highest BCUT2D eigenvalue weighted by Gasteiger charge is 2.63. The average molecular weight is 146 g/mol. The van der Waals surface area contributed by atoms with Gasteiger partial charge in [0.2, 0.25) is 0 Å². The molecule has 4 heteroatoms. The van der Waals surface area contributed by atoms with E-state index in [-0.39, 0.29) is 6.10 Å². The van der Waals surface area contributed by atoms with Gasteiger partial charge in [-0.3, -0.25) is 0 Å². The van der Waals surface area contributed by atoms with Crippen molar-refractivity contribution in [3.05, 3.63) is 0 Å². The summed E-state index contributed by atoms with van der Waals surface area (Å²) in [5.74, 6) is -2.36. The summed E-state index contributed by atoms with van der Waals surface area (Å²) in [5, 5.41) is 8.56. The van der Waals surface area contributed by atoms with Crippen molar-refractivity contribution in [1.29, 1.82) is 0 Å². The van der Waals surface area contributed by atoms with Crippen LogP contribution in [0.3, 0.4) is 0 Å². The van der Waals surface area contributed by atoms with Crippen molar-refractivity contribution in [3.63, 3.8) is 0 Å². The normalized spacial score (nSPS) is 37.6. The van der Waals surface area contributed by atoms with Crippen LogP contribution >= 0.6 is 0 Å². The average Bonchev–Trinajstić information content (AvgIpc) is 2.62. The lowest BCUT2D eigenvalue weighted by Gasteiger charge is -2.02. The molecule has 0 amide bonds. The Labute approximate surface area is 58.7 Å². The molecule has 1 rings (SSSR count). The van der Waals surface area contributed by atoms with Crippen LogP contribution in [-0.4, -0.2) is 30.1 Å². The smallest absolute Gasteiger partial charge is 0.367 e. The molecule has 0 radical (unpaired) electrons. The SMILES string of the molecule is CCC1OC1(OC)C(=O)O. The van der Waals surface area contributed by atoms with Crippen molar-refractivity contribution < 1.29 is 19.4 Å². The molecule has 0 aromatic heterocycles. The summed E-state index contributed by atoms with van der Waals surface area (Å²) in [6, 6.07) is 0. The zero-order valence-electron chi connectivity index (χ0n) is 5.96. The fourth-order valence-electron chi connectivity index (χ4n) is 0.984. The van der Waals surface area contributed by atoms with E-state index in [1.807, 2.05) is 6.92 Å². The van der Waals surface area contributed by atoms with Gasteiger partial charge in [0.1, 0.15) is 6.10 Å². The molecule has 1 saturated heterocycles. The summed E-state index contributed by atoms with van der Waals surface area (Å²) in [5.41, 5.74) is 0. The Kier molecular flexibility index (Phi) is 1.66. The van der Waals surface area contributed by atoms with Gasteiger partial charge >= 0.3 is 5.97 Å². The first-order valence-electron chi connectivity index (χ1n) is 3.13. The molecule has 10 heavy (non-hydrogen) atoms. The molecule has 0 saturated carbocycles. The monoisotopic (exact) mass is 146 g/mol. The molecule has 1 aliphatic heterocycles. The summed E-state index contributed by atoms with van der Waals surface area (Å²) < 4.78 is 9.53. The fourth-order valence-corrected chi connectivity index (χ4v) is 0.984. The number of rotatable bonds is 3. The molecule has 1 heterocycles. The second-order valence-electron chi connectivity index (χ2n) is 2.19. The third-order valence-corrected chi connectivity index (χ3v) is 1.66. The zero-order valence-corrected chi connectivity index (χ0v) is 5.96. The molecule has 0 spiro atoms. The van der Waals surface area contributed by atoms with E-state index in [2.05, 4.69) is 0 Å². The minimum absolute atomic E-state index is 0.269. The topological polar surface area (TPSA) is 59.1 Å². The van der Waals surface area contributed by atoms with Crippen LogP contribution in [-0.2, 0) is 14.3 Å². The summed E-state index contributed by atoms with van der Waals surface area (Å²) >= 11 is 0. The van der Waals surface area contributed by atoms with E-state index in [4.69, 9.17) is 14.6 Å². The van der Waals surface area contributed by atoms with Gasteiger partial charge in [-0.25, -0.2) is 4.79 Å².